The summed E-state index contributed by atoms with van der Waals surface area (Å²) in [6.45, 7) is 0.793. The molecular formula is C12H17ClN4O3S. The molecule has 1 saturated carbocycles. The summed E-state index contributed by atoms with van der Waals surface area (Å²) in [7, 11) is -3.64. The Hall–Kier alpha value is -0.930. The lowest BCUT2D eigenvalue weighted by Gasteiger charge is -2.18. The number of aromatic nitrogens is 1. The third-order valence-corrected chi connectivity index (χ3v) is 6.46. The summed E-state index contributed by atoms with van der Waals surface area (Å²) in [6.07, 6.45) is 2.46. The third-order valence-electron chi connectivity index (χ3n) is 4.38. The first-order valence-corrected chi connectivity index (χ1v) is 8.55. The smallest absolute Gasteiger partial charge is 0.244 e. The monoisotopic (exact) mass is 332 g/mol. The van der Waals surface area contributed by atoms with Crippen molar-refractivity contribution in [2.75, 3.05) is 18.5 Å². The molecule has 0 spiro atoms. The molecule has 0 amide bonds. The van der Waals surface area contributed by atoms with Gasteiger partial charge in [0.25, 0.3) is 0 Å². The SMILES string of the molecule is NNc1ncc(S(=O)(=O)N2CC3CCC(O)C3C2)cc1Cl. The number of sulfonamides is 1. The Morgan fingerprint density at radius 1 is 1.43 bits per heavy atom. The van der Waals surface area contributed by atoms with E-state index in [0.717, 1.165) is 12.8 Å². The first-order chi connectivity index (χ1) is 9.93. The normalized spacial score (nSPS) is 29.6. The molecule has 1 aromatic rings. The maximum absolute atomic E-state index is 12.6. The highest BCUT2D eigenvalue weighted by Crippen LogP contribution is 2.40. The Kier molecular flexibility index (Phi) is 3.83. The van der Waals surface area contributed by atoms with E-state index in [1.54, 1.807) is 0 Å². The summed E-state index contributed by atoms with van der Waals surface area (Å²) in [5.41, 5.74) is 2.30. The lowest BCUT2D eigenvalue weighted by Crippen LogP contribution is -2.31. The first-order valence-electron chi connectivity index (χ1n) is 6.74. The molecular weight excluding hydrogens is 316 g/mol. The van der Waals surface area contributed by atoms with Crippen molar-refractivity contribution < 1.29 is 13.5 Å². The van der Waals surface area contributed by atoms with Gasteiger partial charge >= 0.3 is 0 Å². The average Bonchev–Trinajstić information content (AvgIpc) is 3.02. The maximum Gasteiger partial charge on any atom is 0.244 e. The molecule has 116 valence electrons. The fourth-order valence-electron chi connectivity index (χ4n) is 3.21. The van der Waals surface area contributed by atoms with Crippen molar-refractivity contribution in [3.8, 4) is 0 Å². The van der Waals surface area contributed by atoms with Crippen LogP contribution in [0.4, 0.5) is 5.82 Å². The number of halogens is 1. The standard InChI is InChI=1S/C12H17ClN4O3S/c13-10-3-8(4-15-12(10)16-14)21(19,20)17-5-7-1-2-11(18)9(7)6-17/h3-4,7,9,11,18H,1-2,5-6,14H2,(H,15,16). The highest BCUT2D eigenvalue weighted by molar-refractivity contribution is 7.89. The number of aliphatic hydroxyl groups is 1. The molecule has 4 N–H and O–H groups in total. The number of nitrogens with zero attached hydrogens (tertiary/aromatic N) is 2. The van der Waals surface area contributed by atoms with E-state index in [2.05, 4.69) is 10.4 Å². The number of anilines is 1. The van der Waals surface area contributed by atoms with Gasteiger partial charge in [-0.15, -0.1) is 0 Å². The van der Waals surface area contributed by atoms with Crippen LogP contribution in [0.15, 0.2) is 17.2 Å². The molecule has 0 radical (unpaired) electrons. The van der Waals surface area contributed by atoms with Gasteiger partial charge in [-0.3, -0.25) is 0 Å². The van der Waals surface area contributed by atoms with Gasteiger partial charge in [-0.1, -0.05) is 11.6 Å². The summed E-state index contributed by atoms with van der Waals surface area (Å²) in [6, 6.07) is 1.34. The maximum atomic E-state index is 12.6. The van der Waals surface area contributed by atoms with Crippen LogP contribution in [-0.2, 0) is 10.0 Å². The van der Waals surface area contributed by atoms with E-state index in [9.17, 15) is 13.5 Å². The van der Waals surface area contributed by atoms with Gasteiger partial charge in [0.05, 0.1) is 11.1 Å². The molecule has 3 rings (SSSR count). The number of fused-ring (bicyclic) bond motifs is 1. The van der Waals surface area contributed by atoms with Crippen LogP contribution in [0.3, 0.4) is 0 Å². The molecule has 0 aromatic carbocycles. The molecule has 2 aliphatic rings. The summed E-state index contributed by atoms with van der Waals surface area (Å²) in [4.78, 5) is 3.94. The molecule has 1 aliphatic carbocycles. The van der Waals surface area contributed by atoms with Crippen LogP contribution >= 0.6 is 11.6 Å². The Morgan fingerprint density at radius 3 is 2.81 bits per heavy atom. The third kappa shape index (κ3) is 2.51. The van der Waals surface area contributed by atoms with Gasteiger partial charge in [-0.2, -0.15) is 4.31 Å². The van der Waals surface area contributed by atoms with E-state index in [-0.39, 0.29) is 27.6 Å². The number of nitrogen functional groups attached to an aromatic ring is 1. The Bertz CT molecular complexity index is 654. The predicted molar refractivity (Wildman–Crippen MR) is 78.0 cm³/mol. The van der Waals surface area contributed by atoms with E-state index in [1.165, 1.54) is 16.6 Å². The van der Waals surface area contributed by atoms with E-state index in [4.69, 9.17) is 17.4 Å². The molecule has 1 aliphatic heterocycles. The van der Waals surface area contributed by atoms with Gasteiger partial charge in [-0.05, 0) is 24.8 Å². The van der Waals surface area contributed by atoms with Crippen molar-refractivity contribution in [2.24, 2.45) is 17.7 Å². The zero-order valence-corrected chi connectivity index (χ0v) is 12.8. The van der Waals surface area contributed by atoms with Crippen LogP contribution in [0.5, 0.6) is 0 Å². The molecule has 3 atom stereocenters. The molecule has 3 unspecified atom stereocenters. The zero-order chi connectivity index (χ0) is 15.2. The lowest BCUT2D eigenvalue weighted by atomic mass is 10.00. The van der Waals surface area contributed by atoms with Gasteiger partial charge < -0.3 is 10.5 Å². The van der Waals surface area contributed by atoms with Gasteiger partial charge in [0, 0.05) is 25.2 Å². The zero-order valence-electron chi connectivity index (χ0n) is 11.2. The number of aliphatic hydroxyl groups excluding tert-OH is 1. The number of hydrogen-bond donors (Lipinski definition) is 3. The van der Waals surface area contributed by atoms with Gasteiger partial charge in [-0.25, -0.2) is 19.2 Å². The van der Waals surface area contributed by atoms with Gasteiger partial charge in [0.1, 0.15) is 4.90 Å². The Balaban J connectivity index is 1.86. The molecule has 1 saturated heterocycles. The van der Waals surface area contributed by atoms with Crippen LogP contribution in [0, 0.1) is 11.8 Å². The molecule has 1 aromatic heterocycles. The van der Waals surface area contributed by atoms with E-state index in [0.29, 0.717) is 13.1 Å². The molecule has 2 fully saturated rings. The lowest BCUT2D eigenvalue weighted by molar-refractivity contribution is 0.129. The van der Waals surface area contributed by atoms with Crippen LogP contribution in [0.25, 0.3) is 0 Å². The van der Waals surface area contributed by atoms with E-state index in [1.807, 2.05) is 0 Å². The van der Waals surface area contributed by atoms with Crippen LogP contribution < -0.4 is 11.3 Å². The molecule has 2 heterocycles. The summed E-state index contributed by atoms with van der Waals surface area (Å²) < 4.78 is 26.6. The quantitative estimate of drug-likeness (QED) is 0.546. The highest BCUT2D eigenvalue weighted by Gasteiger charge is 2.45. The predicted octanol–water partition coefficient (Wildman–Crippen LogP) is 0.412. The minimum atomic E-state index is -3.64. The largest absolute Gasteiger partial charge is 0.393 e. The van der Waals surface area contributed by atoms with Crippen molar-refractivity contribution >= 4 is 27.4 Å². The number of hydrazine groups is 1. The molecule has 9 heteroatoms. The molecule has 0 bridgehead atoms. The van der Waals surface area contributed by atoms with Crippen molar-refractivity contribution in [1.29, 1.82) is 0 Å². The van der Waals surface area contributed by atoms with Crippen LogP contribution in [-0.4, -0.2) is 42.0 Å². The Labute approximate surface area is 128 Å². The van der Waals surface area contributed by atoms with Crippen LogP contribution in [0.1, 0.15) is 12.8 Å². The summed E-state index contributed by atoms with van der Waals surface area (Å²) >= 11 is 5.93. The van der Waals surface area contributed by atoms with Gasteiger partial charge in [0.15, 0.2) is 5.82 Å². The number of nitrogens with one attached hydrogen (secondary N) is 1. The minimum Gasteiger partial charge on any atom is -0.393 e. The number of hydrogen-bond acceptors (Lipinski definition) is 6. The van der Waals surface area contributed by atoms with Crippen LogP contribution in [0.2, 0.25) is 5.02 Å². The van der Waals surface area contributed by atoms with Crippen molar-refractivity contribution in [1.82, 2.24) is 9.29 Å². The van der Waals surface area contributed by atoms with E-state index < -0.39 is 16.1 Å². The minimum absolute atomic E-state index is 0.0354. The second-order valence-electron chi connectivity index (χ2n) is 5.54. The first kappa shape index (κ1) is 15.0. The second kappa shape index (κ2) is 5.36. The number of pyridine rings is 1. The average molecular weight is 333 g/mol. The molecule has 21 heavy (non-hydrogen) atoms. The van der Waals surface area contributed by atoms with Crippen molar-refractivity contribution in [2.45, 2.75) is 23.8 Å². The fourth-order valence-corrected chi connectivity index (χ4v) is 5.00. The summed E-state index contributed by atoms with van der Waals surface area (Å²) in [5.74, 6) is 5.73. The van der Waals surface area contributed by atoms with E-state index >= 15 is 0 Å². The molecule has 7 nitrogen and oxygen atoms in total. The highest BCUT2D eigenvalue weighted by atomic mass is 35.5. The van der Waals surface area contributed by atoms with Gasteiger partial charge in [0.2, 0.25) is 10.0 Å². The van der Waals surface area contributed by atoms with Crippen molar-refractivity contribution in [3.63, 3.8) is 0 Å². The van der Waals surface area contributed by atoms with Crippen molar-refractivity contribution in [3.05, 3.63) is 17.3 Å². The number of nitrogens with two attached hydrogens (primary N) is 1. The topological polar surface area (TPSA) is 109 Å². The second-order valence-corrected chi connectivity index (χ2v) is 7.88. The number of rotatable bonds is 3. The summed E-state index contributed by atoms with van der Waals surface area (Å²) in [5, 5.41) is 10.0. The Morgan fingerprint density at radius 2 is 2.19 bits per heavy atom. The fraction of sp³-hybridized carbons (Fsp3) is 0.583.